The second-order valence-electron chi connectivity index (χ2n) is 5.51. The normalized spacial score (nSPS) is 21.3. The highest BCUT2D eigenvalue weighted by Gasteiger charge is 2.36. The average Bonchev–Trinajstić information content (AvgIpc) is 3.28. The van der Waals surface area contributed by atoms with Crippen molar-refractivity contribution in [1.82, 2.24) is 4.90 Å². The van der Waals surface area contributed by atoms with Crippen molar-refractivity contribution < 1.29 is 17.9 Å². The molecule has 114 valence electrons. The van der Waals surface area contributed by atoms with Crippen LogP contribution >= 0.6 is 10.7 Å². The lowest BCUT2D eigenvalue weighted by Gasteiger charge is -2.29. The smallest absolute Gasteiger partial charge is 0.261 e. The van der Waals surface area contributed by atoms with Gasteiger partial charge in [0.2, 0.25) is 5.91 Å². The molecule has 7 heteroatoms. The zero-order valence-corrected chi connectivity index (χ0v) is 13.2. The van der Waals surface area contributed by atoms with Crippen molar-refractivity contribution in [3.63, 3.8) is 0 Å². The first-order valence-corrected chi connectivity index (χ1v) is 9.17. The van der Waals surface area contributed by atoms with Gasteiger partial charge in [-0.15, -0.1) is 0 Å². The van der Waals surface area contributed by atoms with E-state index in [9.17, 15) is 13.2 Å². The standard InChI is InChI=1S/C14H16ClNO4S/c1-16(9-2-3-9)14(17)11-6-7-20-13-5-4-10(8-12(11)13)21(15,18)19/h4-5,8-9,11H,2-3,6-7H2,1H3. The largest absolute Gasteiger partial charge is 0.493 e. The molecule has 1 fully saturated rings. The number of rotatable bonds is 3. The highest BCUT2D eigenvalue weighted by atomic mass is 35.7. The van der Waals surface area contributed by atoms with Crippen LogP contribution in [0.1, 0.15) is 30.7 Å². The van der Waals surface area contributed by atoms with E-state index >= 15 is 0 Å². The first-order valence-electron chi connectivity index (χ1n) is 6.86. The molecule has 1 unspecified atom stereocenters. The van der Waals surface area contributed by atoms with Gasteiger partial charge in [0, 0.05) is 29.3 Å². The van der Waals surface area contributed by atoms with E-state index in [0.29, 0.717) is 30.4 Å². The number of carbonyl (C=O) groups excluding carboxylic acids is 1. The molecule has 0 saturated heterocycles. The summed E-state index contributed by atoms with van der Waals surface area (Å²) < 4.78 is 28.5. The van der Waals surface area contributed by atoms with Gasteiger partial charge < -0.3 is 9.64 Å². The molecule has 1 saturated carbocycles. The number of benzene rings is 1. The van der Waals surface area contributed by atoms with Gasteiger partial charge in [-0.25, -0.2) is 8.42 Å². The van der Waals surface area contributed by atoms with E-state index in [2.05, 4.69) is 0 Å². The molecule has 21 heavy (non-hydrogen) atoms. The fourth-order valence-corrected chi connectivity index (χ4v) is 3.45. The Morgan fingerprint density at radius 1 is 1.33 bits per heavy atom. The zero-order valence-electron chi connectivity index (χ0n) is 11.6. The second kappa shape index (κ2) is 5.18. The first kappa shape index (κ1) is 14.7. The summed E-state index contributed by atoms with van der Waals surface area (Å²) in [5, 5.41) is 0. The lowest BCUT2D eigenvalue weighted by Crippen LogP contribution is -2.35. The summed E-state index contributed by atoms with van der Waals surface area (Å²) in [5.74, 6) is 0.219. The number of amides is 1. The minimum Gasteiger partial charge on any atom is -0.493 e. The molecule has 0 bridgehead atoms. The fourth-order valence-electron chi connectivity index (χ4n) is 2.67. The Bertz CT molecular complexity index is 684. The Hall–Kier alpha value is -1.27. The van der Waals surface area contributed by atoms with Gasteiger partial charge in [-0.2, -0.15) is 0 Å². The molecule has 0 radical (unpaired) electrons. The van der Waals surface area contributed by atoms with E-state index in [1.165, 1.54) is 12.1 Å². The van der Waals surface area contributed by atoms with Crippen LogP contribution in [0.25, 0.3) is 0 Å². The number of hydrogen-bond donors (Lipinski definition) is 0. The maximum atomic E-state index is 12.6. The molecule has 0 aromatic heterocycles. The van der Waals surface area contributed by atoms with E-state index in [-0.39, 0.29) is 16.7 Å². The number of nitrogens with zero attached hydrogens (tertiary/aromatic N) is 1. The molecular weight excluding hydrogens is 314 g/mol. The third kappa shape index (κ3) is 2.87. The first-order chi connectivity index (χ1) is 9.88. The minimum atomic E-state index is -3.82. The van der Waals surface area contributed by atoms with E-state index in [1.807, 2.05) is 0 Å². The van der Waals surface area contributed by atoms with E-state index < -0.39 is 9.05 Å². The van der Waals surface area contributed by atoms with Crippen molar-refractivity contribution >= 4 is 25.6 Å². The fraction of sp³-hybridized carbons (Fsp3) is 0.500. The lowest BCUT2D eigenvalue weighted by atomic mass is 9.92. The van der Waals surface area contributed by atoms with Gasteiger partial charge in [0.05, 0.1) is 17.4 Å². The van der Waals surface area contributed by atoms with Crippen LogP contribution in [0.2, 0.25) is 0 Å². The van der Waals surface area contributed by atoms with Crippen molar-refractivity contribution in [1.29, 1.82) is 0 Å². The van der Waals surface area contributed by atoms with Crippen LogP contribution in [0.5, 0.6) is 5.75 Å². The minimum absolute atomic E-state index is 0.000270. The molecule has 1 aromatic carbocycles. The van der Waals surface area contributed by atoms with Crippen LogP contribution in [-0.2, 0) is 13.8 Å². The predicted molar refractivity (Wildman–Crippen MR) is 78.1 cm³/mol. The van der Waals surface area contributed by atoms with Crippen molar-refractivity contribution in [3.05, 3.63) is 23.8 Å². The summed E-state index contributed by atoms with van der Waals surface area (Å²) in [6.45, 7) is 0.453. The van der Waals surface area contributed by atoms with E-state index in [0.717, 1.165) is 12.8 Å². The molecule has 1 aliphatic carbocycles. The average molecular weight is 330 g/mol. The topological polar surface area (TPSA) is 63.7 Å². The quantitative estimate of drug-likeness (QED) is 0.797. The number of halogens is 1. The number of hydrogen-bond acceptors (Lipinski definition) is 4. The molecule has 1 aliphatic heterocycles. The summed E-state index contributed by atoms with van der Waals surface area (Å²) in [7, 11) is 3.37. The summed E-state index contributed by atoms with van der Waals surface area (Å²) in [4.78, 5) is 14.4. The van der Waals surface area contributed by atoms with E-state index in [4.69, 9.17) is 15.4 Å². The third-order valence-electron chi connectivity index (χ3n) is 4.04. The Balaban J connectivity index is 1.97. The molecular formula is C14H16ClNO4S. The van der Waals surface area contributed by atoms with Crippen LogP contribution in [0, 0.1) is 0 Å². The Morgan fingerprint density at radius 2 is 2.05 bits per heavy atom. The molecule has 1 heterocycles. The SMILES string of the molecule is CN(C(=O)C1CCOc2ccc(S(=O)(=O)Cl)cc21)C1CC1. The number of ether oxygens (including phenoxy) is 1. The van der Waals surface area contributed by atoms with Gasteiger partial charge in [0.1, 0.15) is 5.75 Å². The van der Waals surface area contributed by atoms with Crippen molar-refractivity contribution in [3.8, 4) is 5.75 Å². The molecule has 0 N–H and O–H groups in total. The van der Waals surface area contributed by atoms with Gasteiger partial charge in [-0.1, -0.05) is 0 Å². The second-order valence-corrected chi connectivity index (χ2v) is 8.07. The number of carbonyl (C=O) groups is 1. The third-order valence-corrected chi connectivity index (χ3v) is 5.39. The summed E-state index contributed by atoms with van der Waals surface area (Å²) in [6, 6.07) is 4.75. The van der Waals surface area contributed by atoms with Gasteiger partial charge >= 0.3 is 0 Å². The lowest BCUT2D eigenvalue weighted by molar-refractivity contribution is -0.132. The van der Waals surface area contributed by atoms with Crippen molar-refractivity contribution in [2.24, 2.45) is 0 Å². The van der Waals surface area contributed by atoms with Gasteiger partial charge in [0.25, 0.3) is 9.05 Å². The van der Waals surface area contributed by atoms with Crippen molar-refractivity contribution in [2.75, 3.05) is 13.7 Å². The zero-order chi connectivity index (χ0) is 15.2. The Morgan fingerprint density at radius 3 is 2.67 bits per heavy atom. The van der Waals surface area contributed by atoms with Crippen LogP contribution in [-0.4, -0.2) is 38.9 Å². The molecule has 2 aliphatic rings. The van der Waals surface area contributed by atoms with Crippen LogP contribution in [0.4, 0.5) is 0 Å². The molecule has 0 spiro atoms. The summed E-state index contributed by atoms with van der Waals surface area (Å²) >= 11 is 0. The van der Waals surface area contributed by atoms with Gasteiger partial charge in [-0.3, -0.25) is 4.79 Å². The van der Waals surface area contributed by atoms with Gasteiger partial charge in [-0.05, 0) is 37.5 Å². The number of fused-ring (bicyclic) bond motifs is 1. The highest BCUT2D eigenvalue weighted by Crippen LogP contribution is 2.38. The van der Waals surface area contributed by atoms with Crippen LogP contribution in [0.15, 0.2) is 23.1 Å². The summed E-state index contributed by atoms with van der Waals surface area (Å²) in [5.41, 5.74) is 0.612. The highest BCUT2D eigenvalue weighted by molar-refractivity contribution is 8.13. The molecule has 3 rings (SSSR count). The summed E-state index contributed by atoms with van der Waals surface area (Å²) in [6.07, 6.45) is 2.62. The predicted octanol–water partition coefficient (Wildman–Crippen LogP) is 2.10. The molecule has 1 amide bonds. The Labute approximate surface area is 128 Å². The molecule has 1 aromatic rings. The number of likely N-dealkylation sites (N-methyl/N-ethyl adjacent to an activating group) is 1. The van der Waals surface area contributed by atoms with Crippen molar-refractivity contribution in [2.45, 2.75) is 36.1 Å². The molecule has 5 nitrogen and oxygen atoms in total. The Kier molecular flexibility index (Phi) is 3.61. The maximum absolute atomic E-state index is 12.6. The monoisotopic (exact) mass is 329 g/mol. The van der Waals surface area contributed by atoms with Crippen LogP contribution in [0.3, 0.4) is 0 Å². The van der Waals surface area contributed by atoms with Crippen LogP contribution < -0.4 is 4.74 Å². The van der Waals surface area contributed by atoms with E-state index in [1.54, 1.807) is 18.0 Å². The molecule has 1 atom stereocenters. The maximum Gasteiger partial charge on any atom is 0.261 e. The van der Waals surface area contributed by atoms with Gasteiger partial charge in [0.15, 0.2) is 0 Å².